The molecule has 1 heterocycles. The molecule has 1 aromatic heterocycles. The second-order valence-corrected chi connectivity index (χ2v) is 4.94. The van der Waals surface area contributed by atoms with E-state index in [-0.39, 0.29) is 23.7 Å². The van der Waals surface area contributed by atoms with Crippen LogP contribution in [-0.2, 0) is 6.54 Å². The van der Waals surface area contributed by atoms with E-state index in [0.717, 1.165) is 19.3 Å². The van der Waals surface area contributed by atoms with Gasteiger partial charge in [0.05, 0.1) is 11.1 Å². The summed E-state index contributed by atoms with van der Waals surface area (Å²) in [6.45, 7) is 2.54. The molecule has 3 N–H and O–H groups in total. The molecule has 0 aromatic carbocycles. The first-order valence-electron chi connectivity index (χ1n) is 6.42. The number of carbonyl (C=O) groups excluding carboxylic acids is 1. The Bertz CT molecular complexity index is 491. The maximum absolute atomic E-state index is 12.1. The Balaban J connectivity index is 2.12. The van der Waals surface area contributed by atoms with Crippen LogP contribution < -0.4 is 11.1 Å². The molecule has 1 aliphatic rings. The van der Waals surface area contributed by atoms with Gasteiger partial charge in [-0.3, -0.25) is 14.9 Å². The summed E-state index contributed by atoms with van der Waals surface area (Å²) >= 11 is 0. The summed E-state index contributed by atoms with van der Waals surface area (Å²) in [6.07, 6.45) is 3.75. The fourth-order valence-corrected chi connectivity index (χ4v) is 2.25. The minimum atomic E-state index is -0.484. The number of carbonyl (C=O) groups is 1. The van der Waals surface area contributed by atoms with Gasteiger partial charge in [-0.2, -0.15) is 0 Å². The molecule has 1 amide bonds. The average Bonchev–Trinajstić information content (AvgIpc) is 2.72. The summed E-state index contributed by atoms with van der Waals surface area (Å²) in [5, 5.41) is 13.6. The highest BCUT2D eigenvalue weighted by Crippen LogP contribution is 2.20. The molecule has 0 radical (unpaired) electrons. The van der Waals surface area contributed by atoms with Gasteiger partial charge in [-0.25, -0.2) is 0 Å². The molecule has 0 spiro atoms. The van der Waals surface area contributed by atoms with E-state index in [2.05, 4.69) is 5.32 Å². The maximum atomic E-state index is 12.1. The van der Waals surface area contributed by atoms with Crippen molar-refractivity contribution >= 4 is 11.6 Å². The van der Waals surface area contributed by atoms with E-state index >= 15 is 0 Å². The van der Waals surface area contributed by atoms with E-state index < -0.39 is 4.92 Å². The molecular formula is C12H18N4O3. The number of aryl methyl sites for hydroxylation is 1. The van der Waals surface area contributed by atoms with Gasteiger partial charge in [-0.05, 0) is 19.3 Å². The van der Waals surface area contributed by atoms with Crippen LogP contribution in [0.15, 0.2) is 12.3 Å². The normalized spacial score (nSPS) is 21.8. The molecule has 0 saturated heterocycles. The van der Waals surface area contributed by atoms with E-state index in [1.165, 1.54) is 12.3 Å². The molecule has 1 aromatic rings. The number of nitrogens with one attached hydrogen (secondary N) is 1. The Morgan fingerprint density at radius 3 is 2.84 bits per heavy atom. The monoisotopic (exact) mass is 266 g/mol. The van der Waals surface area contributed by atoms with E-state index in [0.29, 0.717) is 12.2 Å². The van der Waals surface area contributed by atoms with E-state index in [1.54, 1.807) is 4.57 Å². The Morgan fingerprint density at radius 2 is 2.32 bits per heavy atom. The maximum Gasteiger partial charge on any atom is 0.287 e. The van der Waals surface area contributed by atoms with E-state index in [9.17, 15) is 14.9 Å². The summed E-state index contributed by atoms with van der Waals surface area (Å²) in [5.74, 6) is -0.265. The number of aromatic nitrogens is 1. The number of nitrogens with two attached hydrogens (primary N) is 1. The third-order valence-electron chi connectivity index (χ3n) is 3.30. The van der Waals surface area contributed by atoms with Crippen molar-refractivity contribution in [1.82, 2.24) is 9.88 Å². The Morgan fingerprint density at radius 1 is 1.63 bits per heavy atom. The molecule has 1 aliphatic carbocycles. The van der Waals surface area contributed by atoms with Crippen molar-refractivity contribution in [3.63, 3.8) is 0 Å². The van der Waals surface area contributed by atoms with Crippen LogP contribution in [0.3, 0.4) is 0 Å². The van der Waals surface area contributed by atoms with Gasteiger partial charge in [0, 0.05) is 24.7 Å². The van der Waals surface area contributed by atoms with E-state index in [4.69, 9.17) is 5.73 Å². The van der Waals surface area contributed by atoms with Crippen molar-refractivity contribution in [3.8, 4) is 0 Å². The average molecular weight is 266 g/mol. The Labute approximate surface area is 110 Å². The van der Waals surface area contributed by atoms with Crippen molar-refractivity contribution in [2.45, 2.75) is 44.8 Å². The molecule has 0 unspecified atom stereocenters. The van der Waals surface area contributed by atoms with Crippen molar-refractivity contribution < 1.29 is 9.72 Å². The molecule has 0 atom stereocenters. The van der Waals surface area contributed by atoms with Crippen molar-refractivity contribution in [2.24, 2.45) is 5.73 Å². The Hall–Kier alpha value is -1.89. The first-order chi connectivity index (χ1) is 9.01. The summed E-state index contributed by atoms with van der Waals surface area (Å²) in [7, 11) is 0. The highest BCUT2D eigenvalue weighted by Gasteiger charge is 2.29. The van der Waals surface area contributed by atoms with Crippen LogP contribution in [0.5, 0.6) is 0 Å². The van der Waals surface area contributed by atoms with Gasteiger partial charge in [0.15, 0.2) is 0 Å². The first kappa shape index (κ1) is 13.5. The second-order valence-electron chi connectivity index (χ2n) is 4.94. The van der Waals surface area contributed by atoms with Gasteiger partial charge in [0.25, 0.3) is 11.6 Å². The summed E-state index contributed by atoms with van der Waals surface area (Å²) < 4.78 is 1.63. The molecule has 0 aliphatic heterocycles. The lowest BCUT2D eigenvalue weighted by molar-refractivity contribution is -0.384. The molecule has 19 heavy (non-hydrogen) atoms. The predicted molar refractivity (Wildman–Crippen MR) is 69.8 cm³/mol. The summed E-state index contributed by atoms with van der Waals surface area (Å²) in [4.78, 5) is 22.4. The van der Waals surface area contributed by atoms with Gasteiger partial charge in [0.1, 0.15) is 5.69 Å². The number of nitrogens with zero attached hydrogens (tertiary/aromatic N) is 2. The standard InChI is InChI=1S/C12H18N4O3/c1-2-3-15-7-10(16(18)19)6-11(15)12(17)14-9-4-8(13)5-9/h6-9H,2-5,13H2,1H3,(H,14,17). The molecule has 1 saturated carbocycles. The largest absolute Gasteiger partial charge is 0.348 e. The summed E-state index contributed by atoms with van der Waals surface area (Å²) in [6, 6.07) is 1.57. The highest BCUT2D eigenvalue weighted by atomic mass is 16.6. The van der Waals surface area contributed by atoms with Gasteiger partial charge in [-0.1, -0.05) is 6.92 Å². The van der Waals surface area contributed by atoms with Crippen LogP contribution in [0.25, 0.3) is 0 Å². The second kappa shape index (κ2) is 5.40. The zero-order valence-electron chi connectivity index (χ0n) is 10.8. The van der Waals surface area contributed by atoms with Crippen LogP contribution in [0.4, 0.5) is 5.69 Å². The van der Waals surface area contributed by atoms with Crippen LogP contribution >= 0.6 is 0 Å². The third-order valence-corrected chi connectivity index (χ3v) is 3.30. The fourth-order valence-electron chi connectivity index (χ4n) is 2.25. The number of rotatable bonds is 5. The number of amides is 1. The lowest BCUT2D eigenvalue weighted by atomic mass is 9.87. The zero-order valence-corrected chi connectivity index (χ0v) is 10.8. The van der Waals surface area contributed by atoms with Crippen LogP contribution in [0.1, 0.15) is 36.7 Å². The SMILES string of the molecule is CCCn1cc([N+](=O)[O-])cc1C(=O)NC1CC(N)C1. The third kappa shape index (κ3) is 2.93. The van der Waals surface area contributed by atoms with Gasteiger partial charge in [0.2, 0.25) is 0 Å². The van der Waals surface area contributed by atoms with Crippen molar-refractivity contribution in [2.75, 3.05) is 0 Å². The molecule has 104 valence electrons. The fraction of sp³-hybridized carbons (Fsp3) is 0.583. The van der Waals surface area contributed by atoms with Crippen LogP contribution in [0.2, 0.25) is 0 Å². The zero-order chi connectivity index (χ0) is 14.0. The minimum absolute atomic E-state index is 0.0519. The van der Waals surface area contributed by atoms with Crippen molar-refractivity contribution in [3.05, 3.63) is 28.1 Å². The number of nitro groups is 1. The van der Waals surface area contributed by atoms with Gasteiger partial charge >= 0.3 is 0 Å². The highest BCUT2D eigenvalue weighted by molar-refractivity contribution is 5.93. The lowest BCUT2D eigenvalue weighted by Crippen LogP contribution is -2.50. The van der Waals surface area contributed by atoms with Gasteiger partial charge in [-0.15, -0.1) is 0 Å². The number of hydrogen-bond donors (Lipinski definition) is 2. The quantitative estimate of drug-likeness (QED) is 0.613. The summed E-state index contributed by atoms with van der Waals surface area (Å²) in [5.41, 5.74) is 5.95. The van der Waals surface area contributed by atoms with Crippen LogP contribution in [-0.4, -0.2) is 27.5 Å². The van der Waals surface area contributed by atoms with Gasteiger partial charge < -0.3 is 15.6 Å². The van der Waals surface area contributed by atoms with Crippen molar-refractivity contribution in [1.29, 1.82) is 0 Å². The lowest BCUT2D eigenvalue weighted by Gasteiger charge is -2.32. The minimum Gasteiger partial charge on any atom is -0.348 e. The van der Waals surface area contributed by atoms with E-state index in [1.807, 2.05) is 6.92 Å². The molecule has 0 bridgehead atoms. The molecular weight excluding hydrogens is 248 g/mol. The molecule has 1 fully saturated rings. The topological polar surface area (TPSA) is 103 Å². The molecule has 7 nitrogen and oxygen atoms in total. The molecule has 2 rings (SSSR count). The predicted octanol–water partition coefficient (Wildman–Crippen LogP) is 1.03. The Kier molecular flexibility index (Phi) is 3.84. The smallest absolute Gasteiger partial charge is 0.287 e. The first-order valence-corrected chi connectivity index (χ1v) is 6.42. The molecule has 7 heteroatoms. The van der Waals surface area contributed by atoms with Crippen LogP contribution in [0, 0.1) is 10.1 Å². The number of hydrogen-bond acceptors (Lipinski definition) is 4.